The number of carboxylic acid groups (broad SMARTS) is 1. The van der Waals surface area contributed by atoms with Gasteiger partial charge in [-0.3, -0.25) is 4.79 Å². The molecule has 0 saturated heterocycles. The summed E-state index contributed by atoms with van der Waals surface area (Å²) in [6, 6.07) is 7.83. The first-order valence-corrected chi connectivity index (χ1v) is 5.38. The molecule has 1 aromatic heterocycles. The van der Waals surface area contributed by atoms with Crippen LogP contribution in [0.1, 0.15) is 6.42 Å². The fourth-order valence-corrected chi connectivity index (χ4v) is 2.12. The molecule has 1 aromatic carbocycles. The molecule has 16 heavy (non-hydrogen) atoms. The third-order valence-corrected chi connectivity index (χ3v) is 2.90. The quantitative estimate of drug-likeness (QED) is 0.885. The van der Waals surface area contributed by atoms with Crippen LogP contribution in [-0.4, -0.2) is 22.6 Å². The van der Waals surface area contributed by atoms with E-state index in [1.165, 1.54) is 11.3 Å². The first kappa shape index (κ1) is 12.7. The Balaban J connectivity index is 0.00000128. The summed E-state index contributed by atoms with van der Waals surface area (Å²) < 4.78 is 1.11. The van der Waals surface area contributed by atoms with E-state index in [4.69, 9.17) is 5.11 Å². The largest absolute Gasteiger partial charge is 0.481 e. The molecular formula is C10H11ClN2O2S. The van der Waals surface area contributed by atoms with Gasteiger partial charge in [0.05, 0.1) is 16.6 Å². The minimum absolute atomic E-state index is 0. The van der Waals surface area contributed by atoms with Crippen LogP contribution < -0.4 is 5.32 Å². The molecule has 0 aliphatic heterocycles. The zero-order valence-electron chi connectivity index (χ0n) is 8.34. The lowest BCUT2D eigenvalue weighted by Crippen LogP contribution is -2.06. The van der Waals surface area contributed by atoms with E-state index in [9.17, 15) is 4.79 Å². The Kier molecular flexibility index (Phi) is 4.52. The van der Waals surface area contributed by atoms with Gasteiger partial charge in [0, 0.05) is 6.54 Å². The minimum Gasteiger partial charge on any atom is -0.481 e. The van der Waals surface area contributed by atoms with Crippen LogP contribution in [0.5, 0.6) is 0 Å². The summed E-state index contributed by atoms with van der Waals surface area (Å²) in [5, 5.41) is 12.2. The average molecular weight is 259 g/mol. The lowest BCUT2D eigenvalue weighted by molar-refractivity contribution is -0.136. The molecule has 2 aromatic rings. The summed E-state index contributed by atoms with van der Waals surface area (Å²) in [7, 11) is 0. The monoisotopic (exact) mass is 258 g/mol. The SMILES string of the molecule is Cl.O=C(O)CCNc1nc2ccccc2s1. The summed E-state index contributed by atoms with van der Waals surface area (Å²) in [4.78, 5) is 14.6. The number of para-hydroxylation sites is 1. The molecule has 0 spiro atoms. The molecule has 2 N–H and O–H groups in total. The number of benzene rings is 1. The molecule has 2 rings (SSSR count). The zero-order valence-corrected chi connectivity index (χ0v) is 9.98. The number of hydrogen-bond acceptors (Lipinski definition) is 4. The first-order valence-electron chi connectivity index (χ1n) is 4.57. The second-order valence-electron chi connectivity index (χ2n) is 3.06. The van der Waals surface area contributed by atoms with E-state index < -0.39 is 5.97 Å². The third kappa shape index (κ3) is 3.08. The van der Waals surface area contributed by atoms with Gasteiger partial charge >= 0.3 is 5.97 Å². The number of fused-ring (bicyclic) bond motifs is 1. The molecule has 4 nitrogen and oxygen atoms in total. The summed E-state index contributed by atoms with van der Waals surface area (Å²) in [6.45, 7) is 0.412. The smallest absolute Gasteiger partial charge is 0.305 e. The number of anilines is 1. The van der Waals surface area contributed by atoms with Crippen LogP contribution in [0.3, 0.4) is 0 Å². The Morgan fingerprint density at radius 3 is 2.88 bits per heavy atom. The molecule has 0 aliphatic rings. The van der Waals surface area contributed by atoms with Crippen molar-refractivity contribution in [3.8, 4) is 0 Å². The predicted octanol–water partition coefficient (Wildman–Crippen LogP) is 2.60. The topological polar surface area (TPSA) is 62.2 Å². The number of carboxylic acids is 1. The van der Waals surface area contributed by atoms with Crippen molar-refractivity contribution in [3.05, 3.63) is 24.3 Å². The summed E-state index contributed by atoms with van der Waals surface area (Å²) >= 11 is 1.53. The zero-order chi connectivity index (χ0) is 10.7. The van der Waals surface area contributed by atoms with E-state index in [0.717, 1.165) is 15.3 Å². The highest BCUT2D eigenvalue weighted by molar-refractivity contribution is 7.22. The maximum atomic E-state index is 10.3. The van der Waals surface area contributed by atoms with Gasteiger partial charge < -0.3 is 10.4 Å². The van der Waals surface area contributed by atoms with Crippen molar-refractivity contribution in [1.29, 1.82) is 0 Å². The van der Waals surface area contributed by atoms with Crippen LogP contribution in [0.25, 0.3) is 10.2 Å². The second kappa shape index (κ2) is 5.67. The van der Waals surface area contributed by atoms with E-state index >= 15 is 0 Å². The van der Waals surface area contributed by atoms with Gasteiger partial charge in [0.1, 0.15) is 0 Å². The van der Waals surface area contributed by atoms with Crippen molar-refractivity contribution in [2.45, 2.75) is 6.42 Å². The Labute approximate surface area is 103 Å². The van der Waals surface area contributed by atoms with Crippen molar-refractivity contribution in [2.75, 3.05) is 11.9 Å². The highest BCUT2D eigenvalue weighted by atomic mass is 35.5. The van der Waals surface area contributed by atoms with E-state index in [1.807, 2.05) is 24.3 Å². The molecule has 0 radical (unpaired) electrons. The third-order valence-electron chi connectivity index (χ3n) is 1.91. The molecular weight excluding hydrogens is 248 g/mol. The Morgan fingerprint density at radius 1 is 1.44 bits per heavy atom. The number of nitrogens with zero attached hydrogens (tertiary/aromatic N) is 1. The number of carbonyl (C=O) groups is 1. The summed E-state index contributed by atoms with van der Waals surface area (Å²) in [5.74, 6) is -0.802. The van der Waals surface area contributed by atoms with Gasteiger partial charge in [-0.25, -0.2) is 4.98 Å². The fourth-order valence-electron chi connectivity index (χ4n) is 1.22. The van der Waals surface area contributed by atoms with Crippen molar-refractivity contribution in [1.82, 2.24) is 4.98 Å². The first-order chi connectivity index (χ1) is 7.25. The fraction of sp³-hybridized carbons (Fsp3) is 0.200. The summed E-state index contributed by atoms with van der Waals surface area (Å²) in [5.41, 5.74) is 0.945. The normalized spacial score (nSPS) is 9.75. The number of halogens is 1. The van der Waals surface area contributed by atoms with Crippen LogP contribution in [0, 0.1) is 0 Å². The maximum Gasteiger partial charge on any atom is 0.305 e. The van der Waals surface area contributed by atoms with Crippen LogP contribution in [-0.2, 0) is 4.79 Å². The number of aromatic nitrogens is 1. The lowest BCUT2D eigenvalue weighted by Gasteiger charge is -1.97. The number of rotatable bonds is 4. The average Bonchev–Trinajstić information content (AvgIpc) is 2.59. The van der Waals surface area contributed by atoms with E-state index in [0.29, 0.717) is 6.54 Å². The molecule has 0 saturated carbocycles. The predicted molar refractivity (Wildman–Crippen MR) is 67.6 cm³/mol. The van der Waals surface area contributed by atoms with Crippen molar-refractivity contribution >= 4 is 45.1 Å². The molecule has 0 bridgehead atoms. The number of thiazole rings is 1. The van der Waals surface area contributed by atoms with E-state index in [-0.39, 0.29) is 18.8 Å². The minimum atomic E-state index is -0.802. The molecule has 0 amide bonds. The van der Waals surface area contributed by atoms with Crippen LogP contribution in [0.15, 0.2) is 24.3 Å². The van der Waals surface area contributed by atoms with Gasteiger partial charge in [-0.2, -0.15) is 0 Å². The van der Waals surface area contributed by atoms with Gasteiger partial charge in [0.2, 0.25) is 0 Å². The highest BCUT2D eigenvalue weighted by Gasteiger charge is 2.02. The molecule has 0 unspecified atom stereocenters. The van der Waals surface area contributed by atoms with Gasteiger partial charge in [0.15, 0.2) is 5.13 Å². The van der Waals surface area contributed by atoms with Crippen molar-refractivity contribution in [3.63, 3.8) is 0 Å². The van der Waals surface area contributed by atoms with Crippen LogP contribution >= 0.6 is 23.7 Å². The molecule has 6 heteroatoms. The lowest BCUT2D eigenvalue weighted by atomic mass is 10.3. The van der Waals surface area contributed by atoms with Crippen LogP contribution in [0.2, 0.25) is 0 Å². The maximum absolute atomic E-state index is 10.3. The molecule has 0 aliphatic carbocycles. The standard InChI is InChI=1S/C10H10N2O2S.ClH/c13-9(14)5-6-11-10-12-7-3-1-2-4-8(7)15-10;/h1-4H,5-6H2,(H,11,12)(H,13,14);1H. The van der Waals surface area contributed by atoms with Gasteiger partial charge in [-0.1, -0.05) is 23.5 Å². The Morgan fingerprint density at radius 2 is 2.19 bits per heavy atom. The molecule has 0 fully saturated rings. The Hall–Kier alpha value is -1.33. The molecule has 0 atom stereocenters. The van der Waals surface area contributed by atoms with Gasteiger partial charge in [-0.15, -0.1) is 12.4 Å². The van der Waals surface area contributed by atoms with Crippen molar-refractivity contribution in [2.24, 2.45) is 0 Å². The van der Waals surface area contributed by atoms with E-state index in [1.54, 1.807) is 0 Å². The molecule has 86 valence electrons. The van der Waals surface area contributed by atoms with Crippen molar-refractivity contribution < 1.29 is 9.90 Å². The number of nitrogens with one attached hydrogen (secondary N) is 1. The highest BCUT2D eigenvalue weighted by Crippen LogP contribution is 2.24. The molecule has 1 heterocycles. The Bertz CT molecular complexity index is 453. The second-order valence-corrected chi connectivity index (χ2v) is 4.09. The van der Waals surface area contributed by atoms with E-state index in [2.05, 4.69) is 10.3 Å². The van der Waals surface area contributed by atoms with Gasteiger partial charge in [0.25, 0.3) is 0 Å². The van der Waals surface area contributed by atoms with Gasteiger partial charge in [-0.05, 0) is 12.1 Å². The number of hydrogen-bond donors (Lipinski definition) is 2. The summed E-state index contributed by atoms with van der Waals surface area (Å²) in [6.07, 6.45) is 0.107. The van der Waals surface area contributed by atoms with Crippen LogP contribution in [0.4, 0.5) is 5.13 Å². The number of aliphatic carboxylic acids is 1.